The molecule has 2 aromatic carbocycles. The van der Waals surface area contributed by atoms with E-state index in [9.17, 15) is 9.59 Å². The van der Waals surface area contributed by atoms with Crippen LogP contribution in [0.4, 0.5) is 5.00 Å². The molecular formula is C25H24BrNO6S. The summed E-state index contributed by atoms with van der Waals surface area (Å²) in [5.74, 6) is 0.908. The highest BCUT2D eigenvalue weighted by Crippen LogP contribution is 2.38. The van der Waals surface area contributed by atoms with Crippen LogP contribution in [0.2, 0.25) is 0 Å². The number of esters is 1. The summed E-state index contributed by atoms with van der Waals surface area (Å²) in [6.45, 7) is 1.96. The van der Waals surface area contributed by atoms with Crippen molar-refractivity contribution < 1.29 is 28.5 Å². The first kappa shape index (κ1) is 25.3. The molecule has 0 aliphatic carbocycles. The number of halogens is 1. The number of rotatable bonds is 9. The predicted molar refractivity (Wildman–Crippen MR) is 137 cm³/mol. The van der Waals surface area contributed by atoms with Crippen LogP contribution in [0, 0.1) is 0 Å². The summed E-state index contributed by atoms with van der Waals surface area (Å²) >= 11 is 4.69. The van der Waals surface area contributed by atoms with E-state index in [1.165, 1.54) is 17.4 Å². The van der Waals surface area contributed by atoms with Crippen molar-refractivity contribution in [2.45, 2.75) is 6.92 Å². The largest absolute Gasteiger partial charge is 0.497 e. The fourth-order valence-electron chi connectivity index (χ4n) is 3.20. The molecule has 0 bridgehead atoms. The van der Waals surface area contributed by atoms with E-state index in [1.807, 2.05) is 35.7 Å². The Morgan fingerprint density at radius 1 is 1.06 bits per heavy atom. The van der Waals surface area contributed by atoms with Crippen molar-refractivity contribution in [3.8, 4) is 28.4 Å². The average Bonchev–Trinajstić information content (AvgIpc) is 3.26. The van der Waals surface area contributed by atoms with Crippen molar-refractivity contribution in [3.63, 3.8) is 0 Å². The summed E-state index contributed by atoms with van der Waals surface area (Å²) in [5.41, 5.74) is 2.53. The van der Waals surface area contributed by atoms with Gasteiger partial charge in [-0.2, -0.15) is 0 Å². The van der Waals surface area contributed by atoms with Crippen LogP contribution in [0.3, 0.4) is 0 Å². The number of anilines is 1. The van der Waals surface area contributed by atoms with Gasteiger partial charge in [-0.3, -0.25) is 4.79 Å². The van der Waals surface area contributed by atoms with Crippen molar-refractivity contribution in [2.24, 2.45) is 0 Å². The molecular weight excluding hydrogens is 522 g/mol. The lowest BCUT2D eigenvalue weighted by Gasteiger charge is -2.10. The Morgan fingerprint density at radius 2 is 1.79 bits per heavy atom. The molecule has 0 fully saturated rings. The van der Waals surface area contributed by atoms with Gasteiger partial charge in [-0.25, -0.2) is 4.79 Å². The lowest BCUT2D eigenvalue weighted by molar-refractivity contribution is -0.111. The summed E-state index contributed by atoms with van der Waals surface area (Å²) in [6, 6.07) is 10.9. The molecule has 9 heteroatoms. The Bertz CT molecular complexity index is 1200. The number of hydrogen-bond acceptors (Lipinski definition) is 7. The highest BCUT2D eigenvalue weighted by atomic mass is 79.9. The molecule has 1 amide bonds. The third-order valence-electron chi connectivity index (χ3n) is 4.79. The fourth-order valence-corrected chi connectivity index (χ4v) is 4.78. The molecule has 1 N–H and O–H groups in total. The molecule has 3 rings (SSSR count). The maximum atomic E-state index is 12.7. The molecule has 178 valence electrons. The van der Waals surface area contributed by atoms with E-state index in [4.69, 9.17) is 18.9 Å². The normalized spacial score (nSPS) is 10.7. The molecule has 0 spiro atoms. The summed E-state index contributed by atoms with van der Waals surface area (Å²) in [6.07, 6.45) is 3.03. The molecule has 0 radical (unpaired) electrons. The van der Waals surface area contributed by atoms with Crippen LogP contribution >= 0.6 is 27.3 Å². The van der Waals surface area contributed by atoms with Gasteiger partial charge in [-0.15, -0.1) is 11.3 Å². The maximum absolute atomic E-state index is 12.7. The molecule has 1 aromatic heterocycles. The van der Waals surface area contributed by atoms with E-state index in [-0.39, 0.29) is 12.5 Å². The van der Waals surface area contributed by atoms with Crippen LogP contribution in [0.25, 0.3) is 17.2 Å². The predicted octanol–water partition coefficient (Wildman–Crippen LogP) is 6.03. The van der Waals surface area contributed by atoms with Crippen LogP contribution < -0.4 is 19.5 Å². The Balaban J connectivity index is 1.87. The minimum Gasteiger partial charge on any atom is -0.497 e. The van der Waals surface area contributed by atoms with Crippen LogP contribution in [0.1, 0.15) is 22.8 Å². The number of carbonyl (C=O) groups is 2. The Morgan fingerprint density at radius 3 is 2.41 bits per heavy atom. The van der Waals surface area contributed by atoms with E-state index in [1.54, 1.807) is 40.4 Å². The van der Waals surface area contributed by atoms with E-state index < -0.39 is 5.97 Å². The number of thiophene rings is 1. The monoisotopic (exact) mass is 545 g/mol. The zero-order valence-corrected chi connectivity index (χ0v) is 21.5. The van der Waals surface area contributed by atoms with Crippen molar-refractivity contribution in [2.75, 3.05) is 33.3 Å². The zero-order valence-electron chi connectivity index (χ0n) is 19.1. The number of carbonyl (C=O) groups excluding carboxylic acids is 2. The molecule has 0 saturated heterocycles. The quantitative estimate of drug-likeness (QED) is 0.261. The van der Waals surface area contributed by atoms with Crippen LogP contribution in [-0.4, -0.2) is 39.8 Å². The first-order valence-electron chi connectivity index (χ1n) is 10.2. The van der Waals surface area contributed by atoms with E-state index in [0.29, 0.717) is 37.8 Å². The molecule has 0 saturated carbocycles. The Hall–Kier alpha value is -3.30. The highest BCUT2D eigenvalue weighted by molar-refractivity contribution is 9.10. The van der Waals surface area contributed by atoms with Crippen molar-refractivity contribution in [1.29, 1.82) is 0 Å². The molecule has 0 aliphatic heterocycles. The van der Waals surface area contributed by atoms with Gasteiger partial charge in [0.1, 0.15) is 16.3 Å². The molecule has 3 aromatic rings. The molecule has 34 heavy (non-hydrogen) atoms. The maximum Gasteiger partial charge on any atom is 0.341 e. The van der Waals surface area contributed by atoms with Gasteiger partial charge in [-0.1, -0.05) is 12.1 Å². The van der Waals surface area contributed by atoms with Crippen molar-refractivity contribution in [3.05, 3.63) is 63.5 Å². The van der Waals surface area contributed by atoms with Crippen LogP contribution in [0.5, 0.6) is 17.2 Å². The van der Waals surface area contributed by atoms with Gasteiger partial charge in [0, 0.05) is 17.0 Å². The summed E-state index contributed by atoms with van der Waals surface area (Å²) in [5, 5.41) is 5.03. The SMILES string of the molecule is CCOC(=O)c1c(-c2ccc(OC)cc2)csc1NC(=O)C=Cc1cc(Br)c(OC)c(OC)c1. The number of nitrogens with one attached hydrogen (secondary N) is 1. The lowest BCUT2D eigenvalue weighted by atomic mass is 10.0. The van der Waals surface area contributed by atoms with Crippen LogP contribution in [0.15, 0.2) is 52.3 Å². The van der Waals surface area contributed by atoms with Crippen LogP contribution in [-0.2, 0) is 9.53 Å². The van der Waals surface area contributed by atoms with E-state index in [2.05, 4.69) is 21.2 Å². The highest BCUT2D eigenvalue weighted by Gasteiger charge is 2.22. The summed E-state index contributed by atoms with van der Waals surface area (Å²) < 4.78 is 21.8. The second kappa shape index (κ2) is 11.7. The van der Waals surface area contributed by atoms with Gasteiger partial charge < -0.3 is 24.3 Å². The third-order valence-corrected chi connectivity index (χ3v) is 6.28. The number of methoxy groups -OCH3 is 3. The van der Waals surface area contributed by atoms with Gasteiger partial charge >= 0.3 is 5.97 Å². The van der Waals surface area contributed by atoms with Crippen molar-refractivity contribution in [1.82, 2.24) is 0 Å². The topological polar surface area (TPSA) is 83.1 Å². The number of benzene rings is 2. The molecule has 0 atom stereocenters. The smallest absolute Gasteiger partial charge is 0.341 e. The number of amides is 1. The number of hydrogen-bond donors (Lipinski definition) is 1. The van der Waals surface area contributed by atoms with Gasteiger partial charge in [0.2, 0.25) is 5.91 Å². The van der Waals surface area contributed by atoms with E-state index >= 15 is 0 Å². The molecule has 0 aliphatic rings. The molecule has 1 heterocycles. The Labute approximate surface area is 210 Å². The molecule has 7 nitrogen and oxygen atoms in total. The standard InChI is InChI=1S/C25H24BrNO6S/c1-5-33-25(29)22-18(16-7-9-17(30-2)10-8-16)14-34-24(22)27-21(28)11-6-15-12-19(26)23(32-4)20(13-15)31-3/h6-14H,5H2,1-4H3,(H,27,28). The summed E-state index contributed by atoms with van der Waals surface area (Å²) in [7, 11) is 4.68. The summed E-state index contributed by atoms with van der Waals surface area (Å²) in [4.78, 5) is 25.4. The third kappa shape index (κ3) is 5.78. The second-order valence-electron chi connectivity index (χ2n) is 6.86. The van der Waals surface area contributed by atoms with Gasteiger partial charge in [-0.05, 0) is 64.3 Å². The second-order valence-corrected chi connectivity index (χ2v) is 8.60. The minimum atomic E-state index is -0.502. The van der Waals surface area contributed by atoms with Gasteiger partial charge in [0.05, 0.1) is 32.4 Å². The van der Waals surface area contributed by atoms with Gasteiger partial charge in [0.15, 0.2) is 11.5 Å². The minimum absolute atomic E-state index is 0.220. The van der Waals surface area contributed by atoms with Gasteiger partial charge in [0.25, 0.3) is 0 Å². The van der Waals surface area contributed by atoms with E-state index in [0.717, 1.165) is 11.1 Å². The van der Waals surface area contributed by atoms with Crippen molar-refractivity contribution >= 4 is 50.2 Å². The molecule has 0 unspecified atom stereocenters. The zero-order chi connectivity index (χ0) is 24.7. The first-order chi connectivity index (χ1) is 16.4. The number of ether oxygens (including phenoxy) is 4. The fraction of sp³-hybridized carbons (Fsp3) is 0.200. The Kier molecular flexibility index (Phi) is 8.72. The average molecular weight is 546 g/mol. The first-order valence-corrected chi connectivity index (χ1v) is 11.9. The lowest BCUT2D eigenvalue weighted by Crippen LogP contribution is -2.12.